The second-order valence-corrected chi connectivity index (χ2v) is 6.51. The molecular formula is C14H18N6O2S. The van der Waals surface area contributed by atoms with Crippen molar-refractivity contribution < 1.29 is 4.79 Å². The smallest absolute Gasteiger partial charge is 0.267 e. The zero-order valence-corrected chi connectivity index (χ0v) is 13.6. The molecule has 2 aromatic heterocycles. The minimum atomic E-state index is -0.252. The molecule has 1 aliphatic rings. The van der Waals surface area contributed by atoms with Gasteiger partial charge in [0.05, 0.1) is 5.69 Å². The molecule has 0 atom stereocenters. The fourth-order valence-corrected chi connectivity index (χ4v) is 2.85. The standard InChI is InChI=1S/C14H18N6O2S/c1-19-9-16-17-14(19)23-7-6-15-12(21)8-20-13(22)5-4-11(18-20)10-2-3-10/h4-5,9-10H,2-3,6-8H2,1H3,(H,15,21). The van der Waals surface area contributed by atoms with E-state index in [4.69, 9.17) is 0 Å². The van der Waals surface area contributed by atoms with Crippen LogP contribution in [0.3, 0.4) is 0 Å². The van der Waals surface area contributed by atoms with Gasteiger partial charge in [-0.3, -0.25) is 9.59 Å². The van der Waals surface area contributed by atoms with E-state index in [0.717, 1.165) is 23.7 Å². The van der Waals surface area contributed by atoms with Crippen LogP contribution in [0.25, 0.3) is 0 Å². The Bertz CT molecular complexity index is 752. The predicted octanol–water partition coefficient (Wildman–Crippen LogP) is 0.158. The molecular weight excluding hydrogens is 316 g/mol. The lowest BCUT2D eigenvalue weighted by Crippen LogP contribution is -2.34. The van der Waals surface area contributed by atoms with Gasteiger partial charge in [0.15, 0.2) is 5.16 Å². The first-order valence-corrected chi connectivity index (χ1v) is 8.43. The van der Waals surface area contributed by atoms with E-state index in [0.29, 0.717) is 18.2 Å². The Morgan fingerprint density at radius 2 is 2.26 bits per heavy atom. The number of aromatic nitrogens is 5. The Kier molecular flexibility index (Phi) is 4.75. The average molecular weight is 334 g/mol. The van der Waals surface area contributed by atoms with Gasteiger partial charge in [0.1, 0.15) is 12.9 Å². The third-order valence-electron chi connectivity index (χ3n) is 3.50. The van der Waals surface area contributed by atoms with E-state index in [1.807, 2.05) is 11.6 Å². The Morgan fingerprint density at radius 1 is 1.43 bits per heavy atom. The predicted molar refractivity (Wildman–Crippen MR) is 85.2 cm³/mol. The Morgan fingerprint density at radius 3 is 2.96 bits per heavy atom. The van der Waals surface area contributed by atoms with Gasteiger partial charge in [0.25, 0.3) is 5.56 Å². The van der Waals surface area contributed by atoms with E-state index in [9.17, 15) is 9.59 Å². The van der Waals surface area contributed by atoms with E-state index in [1.54, 1.807) is 12.4 Å². The lowest BCUT2D eigenvalue weighted by Gasteiger charge is -2.07. The van der Waals surface area contributed by atoms with Gasteiger partial charge >= 0.3 is 0 Å². The van der Waals surface area contributed by atoms with Crippen LogP contribution in [0.15, 0.2) is 28.4 Å². The highest BCUT2D eigenvalue weighted by Gasteiger charge is 2.25. The number of nitrogens with zero attached hydrogens (tertiary/aromatic N) is 5. The van der Waals surface area contributed by atoms with Gasteiger partial charge in [0, 0.05) is 31.3 Å². The molecule has 0 aromatic carbocycles. The molecule has 3 rings (SSSR count). The zero-order valence-electron chi connectivity index (χ0n) is 12.8. The van der Waals surface area contributed by atoms with Gasteiger partial charge < -0.3 is 9.88 Å². The van der Waals surface area contributed by atoms with Gasteiger partial charge in [-0.1, -0.05) is 11.8 Å². The number of nitrogens with one attached hydrogen (secondary N) is 1. The first kappa shape index (κ1) is 15.7. The van der Waals surface area contributed by atoms with Crippen molar-refractivity contribution in [1.29, 1.82) is 0 Å². The van der Waals surface area contributed by atoms with E-state index in [1.165, 1.54) is 22.5 Å². The molecule has 1 amide bonds. The van der Waals surface area contributed by atoms with Crippen molar-refractivity contribution in [2.75, 3.05) is 12.3 Å². The number of amides is 1. The molecule has 0 unspecified atom stereocenters. The molecule has 2 aromatic rings. The van der Waals surface area contributed by atoms with Gasteiger partial charge in [0.2, 0.25) is 5.91 Å². The summed E-state index contributed by atoms with van der Waals surface area (Å²) in [6, 6.07) is 3.24. The van der Waals surface area contributed by atoms with Crippen molar-refractivity contribution in [2.24, 2.45) is 7.05 Å². The summed E-state index contributed by atoms with van der Waals surface area (Å²) in [5, 5.41) is 15.6. The number of carbonyl (C=O) groups is 1. The minimum absolute atomic E-state index is 0.0476. The van der Waals surface area contributed by atoms with Crippen LogP contribution in [0.4, 0.5) is 0 Å². The Hall–Kier alpha value is -2.16. The van der Waals surface area contributed by atoms with Crippen molar-refractivity contribution in [1.82, 2.24) is 29.9 Å². The van der Waals surface area contributed by atoms with Crippen LogP contribution in [0.5, 0.6) is 0 Å². The summed E-state index contributed by atoms with van der Waals surface area (Å²) in [5.74, 6) is 0.918. The molecule has 1 fully saturated rings. The summed E-state index contributed by atoms with van der Waals surface area (Å²) in [5.41, 5.74) is 0.647. The molecule has 0 spiro atoms. The van der Waals surface area contributed by atoms with Crippen LogP contribution < -0.4 is 10.9 Å². The van der Waals surface area contributed by atoms with Gasteiger partial charge in [-0.25, -0.2) is 4.68 Å². The summed E-state index contributed by atoms with van der Waals surface area (Å²) in [7, 11) is 1.87. The highest BCUT2D eigenvalue weighted by molar-refractivity contribution is 7.99. The summed E-state index contributed by atoms with van der Waals surface area (Å²) < 4.78 is 3.05. The zero-order chi connectivity index (χ0) is 16.2. The number of rotatable bonds is 7. The molecule has 9 heteroatoms. The fourth-order valence-electron chi connectivity index (χ4n) is 2.10. The summed E-state index contributed by atoms with van der Waals surface area (Å²) in [6.07, 6.45) is 3.85. The Labute approximate surface area is 137 Å². The maximum atomic E-state index is 11.9. The number of aryl methyl sites for hydroxylation is 1. The average Bonchev–Trinajstić information content (AvgIpc) is 3.29. The van der Waals surface area contributed by atoms with E-state index in [-0.39, 0.29) is 18.0 Å². The van der Waals surface area contributed by atoms with Crippen LogP contribution in [0.2, 0.25) is 0 Å². The molecule has 1 aliphatic carbocycles. The van der Waals surface area contributed by atoms with Gasteiger partial charge in [-0.05, 0) is 18.9 Å². The number of hydrogen-bond donors (Lipinski definition) is 1. The molecule has 8 nitrogen and oxygen atoms in total. The van der Waals surface area contributed by atoms with Crippen molar-refractivity contribution in [3.8, 4) is 0 Å². The quantitative estimate of drug-likeness (QED) is 0.572. The number of carbonyl (C=O) groups excluding carboxylic acids is 1. The molecule has 1 N–H and O–H groups in total. The monoisotopic (exact) mass is 334 g/mol. The largest absolute Gasteiger partial charge is 0.354 e. The molecule has 1 saturated carbocycles. The molecule has 0 radical (unpaired) electrons. The maximum Gasteiger partial charge on any atom is 0.267 e. The Balaban J connectivity index is 1.46. The lowest BCUT2D eigenvalue weighted by molar-refractivity contribution is -0.121. The third-order valence-corrected chi connectivity index (χ3v) is 4.54. The summed E-state index contributed by atoms with van der Waals surface area (Å²) >= 11 is 1.51. The second-order valence-electron chi connectivity index (χ2n) is 5.45. The lowest BCUT2D eigenvalue weighted by atomic mass is 10.3. The highest BCUT2D eigenvalue weighted by Crippen LogP contribution is 2.38. The molecule has 0 aliphatic heterocycles. The highest BCUT2D eigenvalue weighted by atomic mass is 32.2. The van der Waals surface area contributed by atoms with Crippen molar-refractivity contribution in [2.45, 2.75) is 30.5 Å². The minimum Gasteiger partial charge on any atom is -0.354 e. The SMILES string of the molecule is Cn1cnnc1SCCNC(=O)Cn1nc(C2CC2)ccc1=O. The maximum absolute atomic E-state index is 11.9. The normalized spacial score (nSPS) is 14.0. The van der Waals surface area contributed by atoms with Gasteiger partial charge in [-0.15, -0.1) is 10.2 Å². The summed E-state index contributed by atoms with van der Waals surface area (Å²) in [4.78, 5) is 23.7. The molecule has 0 bridgehead atoms. The summed E-state index contributed by atoms with van der Waals surface area (Å²) in [6.45, 7) is 0.446. The third kappa shape index (κ3) is 4.19. The van der Waals surface area contributed by atoms with Crippen molar-refractivity contribution in [3.63, 3.8) is 0 Å². The van der Waals surface area contributed by atoms with Crippen LogP contribution in [-0.2, 0) is 18.4 Å². The van der Waals surface area contributed by atoms with Crippen LogP contribution in [0.1, 0.15) is 24.5 Å². The molecule has 2 heterocycles. The van der Waals surface area contributed by atoms with E-state index >= 15 is 0 Å². The van der Waals surface area contributed by atoms with E-state index < -0.39 is 0 Å². The van der Waals surface area contributed by atoms with Crippen molar-refractivity contribution >= 4 is 17.7 Å². The molecule has 23 heavy (non-hydrogen) atoms. The second kappa shape index (κ2) is 6.95. The fraction of sp³-hybridized carbons (Fsp3) is 0.500. The first-order chi connectivity index (χ1) is 11.1. The van der Waals surface area contributed by atoms with E-state index in [2.05, 4.69) is 20.6 Å². The van der Waals surface area contributed by atoms with Crippen molar-refractivity contribution in [3.05, 3.63) is 34.5 Å². The molecule has 122 valence electrons. The van der Waals surface area contributed by atoms with Crippen LogP contribution in [0, 0.1) is 0 Å². The first-order valence-electron chi connectivity index (χ1n) is 7.45. The van der Waals surface area contributed by atoms with Crippen LogP contribution >= 0.6 is 11.8 Å². The topological polar surface area (TPSA) is 94.7 Å². The van der Waals surface area contributed by atoms with Crippen LogP contribution in [-0.4, -0.2) is 42.7 Å². The van der Waals surface area contributed by atoms with Gasteiger partial charge in [-0.2, -0.15) is 5.10 Å². The number of thioether (sulfide) groups is 1. The molecule has 0 saturated heterocycles. The number of hydrogen-bond acceptors (Lipinski definition) is 6.